The number of hydrogen-bond acceptors (Lipinski definition) is 4. The Morgan fingerprint density at radius 3 is 2.28 bits per heavy atom. The fourth-order valence-corrected chi connectivity index (χ4v) is 3.08. The third-order valence-corrected chi connectivity index (χ3v) is 4.58. The van der Waals surface area contributed by atoms with Crippen LogP contribution in [0.2, 0.25) is 0 Å². The Morgan fingerprint density at radius 1 is 1.03 bits per heavy atom. The van der Waals surface area contributed by atoms with Crippen LogP contribution in [0.3, 0.4) is 0 Å². The Labute approximate surface area is 164 Å². The lowest BCUT2D eigenvalue weighted by Crippen LogP contribution is -2.50. The average Bonchev–Trinajstić information content (AvgIpc) is 2.68. The maximum absolute atomic E-state index is 13.0. The zero-order valence-corrected chi connectivity index (χ0v) is 15.4. The zero-order chi connectivity index (χ0) is 21.0. The summed E-state index contributed by atoms with van der Waals surface area (Å²) in [6.45, 7) is 1.49. The predicted molar refractivity (Wildman–Crippen MR) is 97.8 cm³/mol. The highest BCUT2D eigenvalue weighted by Gasteiger charge is 2.33. The van der Waals surface area contributed by atoms with Crippen LogP contribution in [0.15, 0.2) is 48.8 Å². The highest BCUT2D eigenvalue weighted by atomic mass is 19.4. The molecule has 0 radical (unpaired) electrons. The summed E-state index contributed by atoms with van der Waals surface area (Å²) < 4.78 is 39.6. The number of aromatic nitrogens is 1. The number of para-hydroxylation sites is 1. The summed E-state index contributed by atoms with van der Waals surface area (Å²) in [6.07, 6.45) is -2.07. The van der Waals surface area contributed by atoms with Crippen LogP contribution >= 0.6 is 0 Å². The quantitative estimate of drug-likeness (QED) is 0.618. The second-order valence-electron chi connectivity index (χ2n) is 6.61. The number of rotatable bonds is 4. The van der Waals surface area contributed by atoms with Crippen LogP contribution < -0.4 is 10.0 Å². The number of piperazine rings is 1. The molecule has 0 aliphatic carbocycles. The van der Waals surface area contributed by atoms with Gasteiger partial charge < -0.3 is 15.4 Å². The second-order valence-corrected chi connectivity index (χ2v) is 6.61. The molecule has 29 heavy (non-hydrogen) atoms. The Bertz CT molecular complexity index is 879. The highest BCUT2D eigenvalue weighted by molar-refractivity contribution is 5.94. The van der Waals surface area contributed by atoms with Crippen molar-refractivity contribution in [3.63, 3.8) is 0 Å². The van der Waals surface area contributed by atoms with E-state index in [1.165, 1.54) is 42.7 Å². The van der Waals surface area contributed by atoms with Crippen LogP contribution in [-0.4, -0.2) is 54.3 Å². The molecule has 1 aromatic carbocycles. The largest absolute Gasteiger partial charge is 0.619 e. The summed E-state index contributed by atoms with van der Waals surface area (Å²) in [5.74, 6) is -0.765. The third-order valence-electron chi connectivity index (χ3n) is 4.58. The van der Waals surface area contributed by atoms with Crippen molar-refractivity contribution in [2.24, 2.45) is 0 Å². The maximum Gasteiger partial charge on any atom is 0.418 e. The fourth-order valence-electron chi connectivity index (χ4n) is 3.08. The Balaban J connectivity index is 1.53. The summed E-state index contributed by atoms with van der Waals surface area (Å²) in [6, 6.07) is 7.69. The monoisotopic (exact) mass is 408 g/mol. The Hall–Kier alpha value is -3.14. The predicted octanol–water partition coefficient (Wildman–Crippen LogP) is 1.74. The number of carbonyl (C=O) groups is 2. The summed E-state index contributed by atoms with van der Waals surface area (Å²) >= 11 is 0. The van der Waals surface area contributed by atoms with E-state index in [0.717, 1.165) is 6.07 Å². The maximum atomic E-state index is 13.0. The second kappa shape index (κ2) is 8.48. The topological polar surface area (TPSA) is 79.6 Å². The van der Waals surface area contributed by atoms with Gasteiger partial charge in [0.1, 0.15) is 0 Å². The van der Waals surface area contributed by atoms with Crippen LogP contribution in [0.25, 0.3) is 0 Å². The number of hydrogen-bond donors (Lipinski definition) is 1. The molecule has 0 spiro atoms. The van der Waals surface area contributed by atoms with E-state index in [9.17, 15) is 28.0 Å². The number of pyridine rings is 1. The summed E-state index contributed by atoms with van der Waals surface area (Å²) in [7, 11) is 0. The lowest BCUT2D eigenvalue weighted by molar-refractivity contribution is -0.605. The van der Waals surface area contributed by atoms with Crippen LogP contribution in [0.4, 0.5) is 18.9 Å². The van der Waals surface area contributed by atoms with E-state index in [1.54, 1.807) is 9.80 Å². The highest BCUT2D eigenvalue weighted by Crippen LogP contribution is 2.34. The minimum absolute atomic E-state index is 0.0737. The van der Waals surface area contributed by atoms with Gasteiger partial charge >= 0.3 is 6.18 Å². The molecule has 1 aliphatic rings. The van der Waals surface area contributed by atoms with Gasteiger partial charge in [0.25, 0.3) is 5.91 Å². The fraction of sp³-hybridized carbons (Fsp3) is 0.316. The molecule has 1 aromatic heterocycles. The number of amides is 2. The average molecular weight is 408 g/mol. The molecule has 10 heteroatoms. The van der Waals surface area contributed by atoms with E-state index >= 15 is 0 Å². The molecule has 1 fully saturated rings. The van der Waals surface area contributed by atoms with E-state index in [0.29, 0.717) is 36.5 Å². The summed E-state index contributed by atoms with van der Waals surface area (Å²) in [5.41, 5.74) is -0.781. The van der Waals surface area contributed by atoms with Crippen LogP contribution in [0, 0.1) is 5.21 Å². The molecule has 0 saturated carbocycles. The minimum atomic E-state index is -4.56. The van der Waals surface area contributed by atoms with Crippen molar-refractivity contribution in [2.75, 3.05) is 38.0 Å². The number of carbonyl (C=O) groups excluding carboxylic acids is 2. The Kier molecular flexibility index (Phi) is 6.02. The van der Waals surface area contributed by atoms with Crippen molar-refractivity contribution in [3.8, 4) is 0 Å². The molecule has 7 nitrogen and oxygen atoms in total. The normalized spacial score (nSPS) is 15.2. The molecule has 2 heterocycles. The van der Waals surface area contributed by atoms with Crippen LogP contribution in [0.1, 0.15) is 15.9 Å². The van der Waals surface area contributed by atoms with E-state index in [-0.39, 0.29) is 18.1 Å². The van der Waals surface area contributed by atoms with E-state index < -0.39 is 17.6 Å². The molecule has 154 valence electrons. The molecule has 1 saturated heterocycles. The Morgan fingerprint density at radius 2 is 1.66 bits per heavy atom. The van der Waals surface area contributed by atoms with Gasteiger partial charge in [-0.25, -0.2) is 0 Å². The molecule has 1 aliphatic heterocycles. The summed E-state index contributed by atoms with van der Waals surface area (Å²) in [4.78, 5) is 28.0. The zero-order valence-electron chi connectivity index (χ0n) is 15.4. The van der Waals surface area contributed by atoms with Gasteiger partial charge in [-0.05, 0) is 12.1 Å². The van der Waals surface area contributed by atoms with E-state index in [2.05, 4.69) is 5.32 Å². The minimum Gasteiger partial charge on any atom is -0.619 e. The van der Waals surface area contributed by atoms with Crippen molar-refractivity contribution >= 4 is 17.5 Å². The number of benzene rings is 1. The first-order chi connectivity index (χ1) is 13.7. The van der Waals surface area contributed by atoms with Crippen LogP contribution in [-0.2, 0) is 11.0 Å². The van der Waals surface area contributed by atoms with E-state index in [1.807, 2.05) is 0 Å². The SMILES string of the molecule is O=C(CN1CCN(C(=O)c2cc[n+]([O-])cc2)CC1)Nc1ccccc1C(F)(F)F. The van der Waals surface area contributed by atoms with Gasteiger partial charge in [0, 0.05) is 38.3 Å². The third kappa shape index (κ3) is 5.23. The molecule has 2 amide bonds. The molecular formula is C19H19F3N4O3. The van der Waals surface area contributed by atoms with Crippen molar-refractivity contribution in [3.05, 3.63) is 65.1 Å². The van der Waals surface area contributed by atoms with Gasteiger partial charge in [-0.1, -0.05) is 12.1 Å². The molecule has 1 N–H and O–H groups in total. The first kappa shape index (κ1) is 20.6. The van der Waals surface area contributed by atoms with Gasteiger partial charge in [0.05, 0.1) is 23.4 Å². The van der Waals surface area contributed by atoms with Gasteiger partial charge in [-0.3, -0.25) is 14.5 Å². The molecule has 2 aromatic rings. The van der Waals surface area contributed by atoms with Crippen molar-refractivity contribution in [1.29, 1.82) is 0 Å². The summed E-state index contributed by atoms with van der Waals surface area (Å²) in [5, 5.41) is 13.4. The number of anilines is 1. The molecular weight excluding hydrogens is 389 g/mol. The van der Waals surface area contributed by atoms with Crippen molar-refractivity contribution in [1.82, 2.24) is 9.80 Å². The number of nitrogens with one attached hydrogen (secondary N) is 1. The van der Waals surface area contributed by atoms with Crippen LogP contribution in [0.5, 0.6) is 0 Å². The standard InChI is InChI=1S/C19H19F3N4O3/c20-19(21,22)15-3-1-2-4-16(15)23-17(27)13-24-9-11-25(12-10-24)18(28)14-5-7-26(29)8-6-14/h1-8H,9-13H2,(H,23,27). The first-order valence-electron chi connectivity index (χ1n) is 8.90. The van der Waals surface area contributed by atoms with Gasteiger partial charge in [0.15, 0.2) is 12.4 Å². The number of halogens is 3. The first-order valence-corrected chi connectivity index (χ1v) is 8.90. The van der Waals surface area contributed by atoms with Crippen molar-refractivity contribution in [2.45, 2.75) is 6.18 Å². The number of nitrogens with zero attached hydrogens (tertiary/aromatic N) is 3. The van der Waals surface area contributed by atoms with Crippen molar-refractivity contribution < 1.29 is 27.5 Å². The lowest BCUT2D eigenvalue weighted by Gasteiger charge is -2.34. The number of alkyl halides is 3. The lowest BCUT2D eigenvalue weighted by atomic mass is 10.1. The smallest absolute Gasteiger partial charge is 0.418 e. The van der Waals surface area contributed by atoms with E-state index in [4.69, 9.17) is 0 Å². The molecule has 0 atom stereocenters. The molecule has 0 bridgehead atoms. The van der Waals surface area contributed by atoms with Gasteiger partial charge in [-0.2, -0.15) is 17.9 Å². The van der Waals surface area contributed by atoms with Gasteiger partial charge in [0.2, 0.25) is 5.91 Å². The molecule has 0 unspecified atom stereocenters. The van der Waals surface area contributed by atoms with Gasteiger partial charge in [-0.15, -0.1) is 0 Å². The molecule has 3 rings (SSSR count).